The van der Waals surface area contributed by atoms with Gasteiger partial charge in [0.15, 0.2) is 0 Å². The van der Waals surface area contributed by atoms with Crippen LogP contribution in [0.5, 0.6) is 0 Å². The van der Waals surface area contributed by atoms with Crippen molar-refractivity contribution in [3.05, 3.63) is 76.1 Å². The van der Waals surface area contributed by atoms with Gasteiger partial charge in [-0.2, -0.15) is 0 Å². The molecule has 0 atom stereocenters. The highest BCUT2D eigenvalue weighted by Gasteiger charge is 2.30. The summed E-state index contributed by atoms with van der Waals surface area (Å²) < 4.78 is 29.3. The van der Waals surface area contributed by atoms with Crippen molar-refractivity contribution in [1.82, 2.24) is 9.88 Å². The van der Waals surface area contributed by atoms with Crippen molar-refractivity contribution < 1.29 is 13.6 Å². The van der Waals surface area contributed by atoms with Gasteiger partial charge >= 0.3 is 0 Å². The predicted molar refractivity (Wildman–Crippen MR) is 128 cm³/mol. The number of carbonyl (C=O) groups is 1. The standard InChI is InChI=1S/C27H27F2N3O/c1-15-23(30-16(2)24(15)17-10-12-32(3)13-11-17)14-19-25-18(6-4-9-22(25)31-27(19)33)26-20(28)7-5-8-21(26)29/h4-9,14,17,30H,10-13H2,1-3H3,(H,31,33). The van der Waals surface area contributed by atoms with E-state index < -0.39 is 11.6 Å². The highest BCUT2D eigenvalue weighted by atomic mass is 19.1. The third-order valence-corrected chi connectivity index (χ3v) is 7.01. The molecule has 0 bridgehead atoms. The Morgan fingerprint density at radius 3 is 2.36 bits per heavy atom. The number of rotatable bonds is 3. The summed E-state index contributed by atoms with van der Waals surface area (Å²) in [6.07, 6.45) is 4.03. The lowest BCUT2D eigenvalue weighted by Gasteiger charge is -2.29. The summed E-state index contributed by atoms with van der Waals surface area (Å²) in [6, 6.07) is 8.92. The number of anilines is 1. The first kappa shape index (κ1) is 21.6. The molecule has 1 amide bonds. The zero-order chi connectivity index (χ0) is 23.3. The lowest BCUT2D eigenvalue weighted by molar-refractivity contribution is -0.110. The van der Waals surface area contributed by atoms with Crippen molar-refractivity contribution in [2.24, 2.45) is 0 Å². The maximum absolute atomic E-state index is 14.6. The summed E-state index contributed by atoms with van der Waals surface area (Å²) in [5, 5.41) is 2.85. The van der Waals surface area contributed by atoms with Gasteiger partial charge < -0.3 is 15.2 Å². The van der Waals surface area contributed by atoms with Crippen LogP contribution in [0.1, 0.15) is 46.8 Å². The van der Waals surface area contributed by atoms with Gasteiger partial charge in [0.25, 0.3) is 5.91 Å². The van der Waals surface area contributed by atoms with E-state index in [0.717, 1.165) is 42.9 Å². The number of aryl methyl sites for hydroxylation is 1. The molecule has 2 aromatic carbocycles. The lowest BCUT2D eigenvalue weighted by atomic mass is 9.87. The molecule has 3 heterocycles. The summed E-state index contributed by atoms with van der Waals surface area (Å²) in [7, 11) is 2.15. The molecule has 3 aromatic rings. The van der Waals surface area contributed by atoms with E-state index in [-0.39, 0.29) is 11.5 Å². The van der Waals surface area contributed by atoms with E-state index in [1.54, 1.807) is 18.2 Å². The Kier molecular flexibility index (Phi) is 5.41. The molecule has 1 fully saturated rings. The smallest absolute Gasteiger partial charge is 0.256 e. The SMILES string of the molecule is Cc1[nH]c(C=C2C(=O)Nc3cccc(-c4c(F)cccc4F)c32)c(C)c1C1CCN(C)CC1. The fourth-order valence-corrected chi connectivity index (χ4v) is 5.34. The average molecular weight is 448 g/mol. The molecule has 5 rings (SSSR count). The highest BCUT2D eigenvalue weighted by molar-refractivity contribution is 6.36. The Morgan fingerprint density at radius 1 is 1.00 bits per heavy atom. The molecule has 1 saturated heterocycles. The van der Waals surface area contributed by atoms with Crippen LogP contribution in [0.2, 0.25) is 0 Å². The predicted octanol–water partition coefficient (Wildman–Crippen LogP) is 5.88. The second-order valence-corrected chi connectivity index (χ2v) is 9.12. The molecule has 2 aliphatic rings. The molecule has 2 aliphatic heterocycles. The van der Waals surface area contributed by atoms with Gasteiger partial charge in [0.2, 0.25) is 0 Å². The van der Waals surface area contributed by atoms with Gasteiger partial charge in [0.05, 0.1) is 11.1 Å². The summed E-state index contributed by atoms with van der Waals surface area (Å²) in [5.74, 6) is -1.10. The van der Waals surface area contributed by atoms with Crippen molar-refractivity contribution in [3.63, 3.8) is 0 Å². The zero-order valence-electron chi connectivity index (χ0n) is 19.1. The lowest BCUT2D eigenvalue weighted by Crippen LogP contribution is -2.29. The van der Waals surface area contributed by atoms with E-state index >= 15 is 0 Å². The van der Waals surface area contributed by atoms with Crippen LogP contribution in [-0.2, 0) is 4.79 Å². The molecule has 33 heavy (non-hydrogen) atoms. The summed E-state index contributed by atoms with van der Waals surface area (Å²) in [6.45, 7) is 6.29. The average Bonchev–Trinajstić information content (AvgIpc) is 3.24. The molecule has 1 aromatic heterocycles. The van der Waals surface area contributed by atoms with Crippen LogP contribution in [0.15, 0.2) is 36.4 Å². The first-order chi connectivity index (χ1) is 15.8. The van der Waals surface area contributed by atoms with Gasteiger partial charge in [0, 0.05) is 22.6 Å². The maximum Gasteiger partial charge on any atom is 0.256 e. The quantitative estimate of drug-likeness (QED) is 0.493. The van der Waals surface area contributed by atoms with Gasteiger partial charge in [-0.3, -0.25) is 4.79 Å². The number of hydrogen-bond acceptors (Lipinski definition) is 2. The van der Waals surface area contributed by atoms with E-state index in [1.165, 1.54) is 23.8 Å². The first-order valence-electron chi connectivity index (χ1n) is 11.3. The normalized spacial score (nSPS) is 18.1. The van der Waals surface area contributed by atoms with Crippen LogP contribution in [0.25, 0.3) is 22.8 Å². The number of aromatic amines is 1. The van der Waals surface area contributed by atoms with Crippen LogP contribution in [0, 0.1) is 25.5 Å². The van der Waals surface area contributed by atoms with Crippen LogP contribution in [-0.4, -0.2) is 35.9 Å². The van der Waals surface area contributed by atoms with Crippen LogP contribution < -0.4 is 5.32 Å². The molecule has 170 valence electrons. The van der Waals surface area contributed by atoms with Crippen LogP contribution in [0.3, 0.4) is 0 Å². The molecule has 2 N–H and O–H groups in total. The number of H-pyrrole nitrogens is 1. The zero-order valence-corrected chi connectivity index (χ0v) is 19.1. The number of piperidine rings is 1. The minimum atomic E-state index is -0.654. The van der Waals surface area contributed by atoms with E-state index in [1.807, 2.05) is 6.08 Å². The minimum Gasteiger partial charge on any atom is -0.359 e. The Morgan fingerprint density at radius 2 is 1.67 bits per heavy atom. The van der Waals surface area contributed by atoms with Crippen molar-refractivity contribution in [2.75, 3.05) is 25.5 Å². The number of fused-ring (bicyclic) bond motifs is 1. The van der Waals surface area contributed by atoms with Crippen molar-refractivity contribution >= 4 is 23.2 Å². The van der Waals surface area contributed by atoms with Gasteiger partial charge in [0.1, 0.15) is 11.6 Å². The second kappa shape index (κ2) is 8.27. The topological polar surface area (TPSA) is 48.1 Å². The molecule has 0 unspecified atom stereocenters. The van der Waals surface area contributed by atoms with Crippen LogP contribution in [0.4, 0.5) is 14.5 Å². The number of nitrogens with one attached hydrogen (secondary N) is 2. The maximum atomic E-state index is 14.6. The third kappa shape index (κ3) is 3.68. The molecule has 0 radical (unpaired) electrons. The third-order valence-electron chi connectivity index (χ3n) is 7.01. The number of aromatic nitrogens is 1. The number of hydrogen-bond donors (Lipinski definition) is 2. The monoisotopic (exact) mass is 447 g/mol. The fourth-order valence-electron chi connectivity index (χ4n) is 5.34. The molecule has 4 nitrogen and oxygen atoms in total. The van der Waals surface area contributed by atoms with E-state index in [2.05, 4.69) is 36.1 Å². The summed E-state index contributed by atoms with van der Waals surface area (Å²) >= 11 is 0. The molecule has 0 saturated carbocycles. The number of likely N-dealkylation sites (tertiary alicyclic amines) is 1. The van der Waals surface area contributed by atoms with E-state index in [0.29, 0.717) is 28.3 Å². The highest BCUT2D eigenvalue weighted by Crippen LogP contribution is 2.43. The fraction of sp³-hybridized carbons (Fsp3) is 0.296. The Balaban J connectivity index is 1.62. The number of amides is 1. The molecule has 6 heteroatoms. The molecule has 0 aliphatic carbocycles. The molecule has 0 spiro atoms. The number of nitrogens with zero attached hydrogens (tertiary/aromatic N) is 1. The largest absolute Gasteiger partial charge is 0.359 e. The number of benzene rings is 2. The Hall–Kier alpha value is -3.25. The van der Waals surface area contributed by atoms with Crippen molar-refractivity contribution in [3.8, 4) is 11.1 Å². The number of halogens is 2. The van der Waals surface area contributed by atoms with E-state index in [4.69, 9.17) is 0 Å². The van der Waals surface area contributed by atoms with Crippen LogP contribution >= 0.6 is 0 Å². The Labute approximate surface area is 192 Å². The molecular formula is C27H27F2N3O. The summed E-state index contributed by atoms with van der Waals surface area (Å²) in [5.41, 5.74) is 6.16. The van der Waals surface area contributed by atoms with Crippen molar-refractivity contribution in [2.45, 2.75) is 32.6 Å². The summed E-state index contributed by atoms with van der Waals surface area (Å²) in [4.78, 5) is 18.8. The first-order valence-corrected chi connectivity index (χ1v) is 11.3. The Bertz CT molecular complexity index is 1260. The minimum absolute atomic E-state index is 0.122. The van der Waals surface area contributed by atoms with Gasteiger partial charge in [-0.05, 0) is 93.7 Å². The van der Waals surface area contributed by atoms with Gasteiger partial charge in [-0.15, -0.1) is 0 Å². The van der Waals surface area contributed by atoms with Gasteiger partial charge in [-0.1, -0.05) is 18.2 Å². The molecular weight excluding hydrogens is 420 g/mol. The van der Waals surface area contributed by atoms with Gasteiger partial charge in [-0.25, -0.2) is 8.78 Å². The van der Waals surface area contributed by atoms with E-state index in [9.17, 15) is 13.6 Å². The van der Waals surface area contributed by atoms with Crippen molar-refractivity contribution in [1.29, 1.82) is 0 Å². The number of carbonyl (C=O) groups excluding carboxylic acids is 1. The second-order valence-electron chi connectivity index (χ2n) is 9.12.